The average molecular weight is 348 g/mol. The average Bonchev–Trinajstić information content (AvgIpc) is 3.39. The largest absolute Gasteiger partial charge is 0.493 e. The summed E-state index contributed by atoms with van der Waals surface area (Å²) in [5.74, 6) is 0.844. The van der Waals surface area contributed by atoms with Gasteiger partial charge in [0.15, 0.2) is 11.5 Å². The Balaban J connectivity index is 1.77. The van der Waals surface area contributed by atoms with E-state index in [0.29, 0.717) is 23.2 Å². The van der Waals surface area contributed by atoms with Gasteiger partial charge in [-0.25, -0.2) is 8.42 Å². The molecule has 2 aromatic rings. The van der Waals surface area contributed by atoms with Crippen LogP contribution in [0.15, 0.2) is 47.4 Å². The minimum Gasteiger partial charge on any atom is -0.493 e. The zero-order valence-electron chi connectivity index (χ0n) is 13.6. The summed E-state index contributed by atoms with van der Waals surface area (Å²) in [7, 11) is -0.733. The predicted molar refractivity (Wildman–Crippen MR) is 93.4 cm³/mol. The number of benzene rings is 2. The van der Waals surface area contributed by atoms with Crippen molar-refractivity contribution in [2.75, 3.05) is 24.3 Å². The van der Waals surface area contributed by atoms with Crippen LogP contribution in [0.3, 0.4) is 0 Å². The van der Waals surface area contributed by atoms with Crippen LogP contribution in [-0.2, 0) is 10.0 Å². The molecule has 128 valence electrons. The Morgan fingerprint density at radius 3 is 2.12 bits per heavy atom. The van der Waals surface area contributed by atoms with E-state index in [1.165, 1.54) is 39.2 Å². The number of hydrogen-bond donors (Lipinski definition) is 2. The molecule has 0 aliphatic heterocycles. The maximum Gasteiger partial charge on any atom is 0.262 e. The maximum absolute atomic E-state index is 12.5. The van der Waals surface area contributed by atoms with Gasteiger partial charge < -0.3 is 14.8 Å². The summed E-state index contributed by atoms with van der Waals surface area (Å²) < 4.78 is 37.9. The van der Waals surface area contributed by atoms with E-state index < -0.39 is 10.0 Å². The highest BCUT2D eigenvalue weighted by molar-refractivity contribution is 7.92. The van der Waals surface area contributed by atoms with Gasteiger partial charge in [-0.2, -0.15) is 0 Å². The first-order chi connectivity index (χ1) is 11.5. The predicted octanol–water partition coefficient (Wildman–Crippen LogP) is 3.08. The summed E-state index contributed by atoms with van der Waals surface area (Å²) in [4.78, 5) is 0.111. The molecular formula is C17H20N2O4S. The number of hydrogen-bond acceptors (Lipinski definition) is 5. The minimum atomic E-state index is -3.70. The highest BCUT2D eigenvalue weighted by Crippen LogP contribution is 2.30. The second-order valence-corrected chi connectivity index (χ2v) is 7.30. The van der Waals surface area contributed by atoms with Crippen LogP contribution in [0.4, 0.5) is 11.4 Å². The molecule has 0 heterocycles. The van der Waals surface area contributed by atoms with Crippen LogP contribution in [0.1, 0.15) is 12.8 Å². The molecule has 0 radical (unpaired) electrons. The lowest BCUT2D eigenvalue weighted by Crippen LogP contribution is -2.13. The van der Waals surface area contributed by atoms with Crippen molar-refractivity contribution >= 4 is 21.4 Å². The second kappa shape index (κ2) is 6.60. The van der Waals surface area contributed by atoms with E-state index in [0.717, 1.165) is 5.69 Å². The van der Waals surface area contributed by atoms with Crippen molar-refractivity contribution in [3.05, 3.63) is 42.5 Å². The Kier molecular flexibility index (Phi) is 4.53. The van der Waals surface area contributed by atoms with Gasteiger partial charge in [0.25, 0.3) is 10.0 Å². The molecule has 2 N–H and O–H groups in total. The zero-order valence-corrected chi connectivity index (χ0v) is 14.4. The molecule has 0 spiro atoms. The lowest BCUT2D eigenvalue weighted by molar-refractivity contribution is 0.354. The molecule has 2 aromatic carbocycles. The van der Waals surface area contributed by atoms with Gasteiger partial charge in [0.05, 0.1) is 19.1 Å². The van der Waals surface area contributed by atoms with E-state index in [9.17, 15) is 8.42 Å². The summed E-state index contributed by atoms with van der Waals surface area (Å²) in [6, 6.07) is 12.2. The molecular weight excluding hydrogens is 328 g/mol. The molecule has 0 bridgehead atoms. The van der Waals surface area contributed by atoms with Crippen molar-refractivity contribution in [1.29, 1.82) is 0 Å². The molecule has 3 rings (SSSR count). The van der Waals surface area contributed by atoms with Crippen LogP contribution in [0.2, 0.25) is 0 Å². The highest BCUT2D eigenvalue weighted by atomic mass is 32.2. The zero-order chi connectivity index (χ0) is 17.2. The van der Waals surface area contributed by atoms with Crippen LogP contribution < -0.4 is 19.5 Å². The SMILES string of the molecule is COc1ccc(S(=O)(=O)Nc2ccc(NC3CC3)cc2)cc1OC. The van der Waals surface area contributed by atoms with E-state index in [4.69, 9.17) is 9.47 Å². The van der Waals surface area contributed by atoms with E-state index in [2.05, 4.69) is 10.0 Å². The first-order valence-corrected chi connectivity index (χ1v) is 9.11. The van der Waals surface area contributed by atoms with E-state index in [-0.39, 0.29) is 4.90 Å². The van der Waals surface area contributed by atoms with Crippen molar-refractivity contribution in [3.8, 4) is 11.5 Å². The molecule has 1 saturated carbocycles. The van der Waals surface area contributed by atoms with Gasteiger partial charge in [0.2, 0.25) is 0 Å². The summed E-state index contributed by atoms with van der Waals surface area (Å²) in [6.45, 7) is 0. The molecule has 0 amide bonds. The molecule has 1 fully saturated rings. The first-order valence-electron chi connectivity index (χ1n) is 7.63. The molecule has 1 aliphatic carbocycles. The monoisotopic (exact) mass is 348 g/mol. The first kappa shape index (κ1) is 16.4. The van der Waals surface area contributed by atoms with Crippen LogP contribution in [0.25, 0.3) is 0 Å². The topological polar surface area (TPSA) is 76.7 Å². The Labute approximate surface area is 141 Å². The molecule has 0 saturated heterocycles. The van der Waals surface area contributed by atoms with Crippen molar-refractivity contribution in [2.24, 2.45) is 0 Å². The van der Waals surface area contributed by atoms with Crippen LogP contribution in [0, 0.1) is 0 Å². The molecule has 1 aliphatic rings. The standard InChI is InChI=1S/C17H20N2O4S/c1-22-16-10-9-15(11-17(16)23-2)24(20,21)19-14-7-5-13(6-8-14)18-12-3-4-12/h5-12,18-19H,3-4H2,1-2H3. The molecule has 0 aromatic heterocycles. The molecule has 24 heavy (non-hydrogen) atoms. The number of methoxy groups -OCH3 is 2. The summed E-state index contributed by atoms with van der Waals surface area (Å²) in [5.41, 5.74) is 1.50. The van der Waals surface area contributed by atoms with E-state index in [1.54, 1.807) is 18.2 Å². The fourth-order valence-corrected chi connectivity index (χ4v) is 3.37. The van der Waals surface area contributed by atoms with Gasteiger partial charge in [-0.05, 0) is 49.2 Å². The quantitative estimate of drug-likeness (QED) is 0.804. The normalized spacial score (nSPS) is 14.1. The number of nitrogens with one attached hydrogen (secondary N) is 2. The summed E-state index contributed by atoms with van der Waals surface area (Å²) in [5, 5.41) is 3.36. The molecule has 0 unspecified atom stereocenters. The Morgan fingerprint density at radius 2 is 1.54 bits per heavy atom. The molecule has 6 nitrogen and oxygen atoms in total. The van der Waals surface area contributed by atoms with E-state index >= 15 is 0 Å². The Bertz CT molecular complexity index is 815. The summed E-state index contributed by atoms with van der Waals surface area (Å²) >= 11 is 0. The third-order valence-electron chi connectivity index (χ3n) is 3.75. The van der Waals surface area contributed by atoms with Gasteiger partial charge in [-0.3, -0.25) is 4.72 Å². The van der Waals surface area contributed by atoms with Crippen LogP contribution in [0.5, 0.6) is 11.5 Å². The molecule has 7 heteroatoms. The number of ether oxygens (including phenoxy) is 2. The maximum atomic E-state index is 12.5. The van der Waals surface area contributed by atoms with Crippen molar-refractivity contribution in [2.45, 2.75) is 23.8 Å². The highest BCUT2D eigenvalue weighted by Gasteiger charge is 2.21. The second-order valence-electron chi connectivity index (χ2n) is 5.62. The minimum absolute atomic E-state index is 0.111. The van der Waals surface area contributed by atoms with Gasteiger partial charge in [0, 0.05) is 23.5 Å². The van der Waals surface area contributed by atoms with Crippen molar-refractivity contribution in [3.63, 3.8) is 0 Å². The Morgan fingerprint density at radius 1 is 0.917 bits per heavy atom. The lowest BCUT2D eigenvalue weighted by atomic mass is 10.3. The fourth-order valence-electron chi connectivity index (χ4n) is 2.30. The van der Waals surface area contributed by atoms with Crippen molar-refractivity contribution in [1.82, 2.24) is 0 Å². The van der Waals surface area contributed by atoms with E-state index in [1.807, 2.05) is 12.1 Å². The third kappa shape index (κ3) is 3.73. The lowest BCUT2D eigenvalue weighted by Gasteiger charge is -2.12. The fraction of sp³-hybridized carbons (Fsp3) is 0.294. The van der Waals surface area contributed by atoms with Crippen LogP contribution >= 0.6 is 0 Å². The van der Waals surface area contributed by atoms with Gasteiger partial charge >= 0.3 is 0 Å². The molecule has 0 atom stereocenters. The Hall–Kier alpha value is -2.41. The number of anilines is 2. The third-order valence-corrected chi connectivity index (χ3v) is 5.13. The van der Waals surface area contributed by atoms with Crippen molar-refractivity contribution < 1.29 is 17.9 Å². The summed E-state index contributed by atoms with van der Waals surface area (Å²) in [6.07, 6.45) is 2.38. The number of sulfonamides is 1. The van der Waals surface area contributed by atoms with Gasteiger partial charge in [0.1, 0.15) is 0 Å². The smallest absolute Gasteiger partial charge is 0.262 e. The number of rotatable bonds is 7. The van der Waals surface area contributed by atoms with Gasteiger partial charge in [-0.15, -0.1) is 0 Å². The van der Waals surface area contributed by atoms with Crippen LogP contribution in [-0.4, -0.2) is 28.7 Å². The van der Waals surface area contributed by atoms with Gasteiger partial charge in [-0.1, -0.05) is 0 Å².